The lowest BCUT2D eigenvalue weighted by Crippen LogP contribution is -2.27. The summed E-state index contributed by atoms with van der Waals surface area (Å²) in [7, 11) is -1.94. The van der Waals surface area contributed by atoms with E-state index in [-0.39, 0.29) is 4.90 Å². The number of carbonyl (C=O) groups excluding carboxylic acids is 1. The van der Waals surface area contributed by atoms with Gasteiger partial charge >= 0.3 is 6.18 Å². The number of alkyl halides is 3. The first kappa shape index (κ1) is 12.9. The highest BCUT2D eigenvalue weighted by molar-refractivity contribution is 7.85. The van der Waals surface area contributed by atoms with Crippen LogP contribution in [0.15, 0.2) is 29.2 Å². The average Bonchev–Trinajstić information content (AvgIpc) is 2.17. The number of halogens is 3. The lowest BCUT2D eigenvalue weighted by molar-refractivity contribution is -0.168. The van der Waals surface area contributed by atoms with Gasteiger partial charge in [-0.2, -0.15) is 13.2 Å². The van der Waals surface area contributed by atoms with E-state index in [2.05, 4.69) is 0 Å². The van der Waals surface area contributed by atoms with Crippen molar-refractivity contribution in [1.82, 2.24) is 0 Å². The Labute approximate surface area is 92.9 Å². The van der Waals surface area contributed by atoms with Gasteiger partial charge in [0.1, 0.15) is 0 Å². The highest BCUT2D eigenvalue weighted by atomic mass is 32.2. The molecule has 1 aromatic rings. The summed E-state index contributed by atoms with van der Waals surface area (Å²) < 4.78 is 47.1. The van der Waals surface area contributed by atoms with Gasteiger partial charge in [0.2, 0.25) is 5.78 Å². The van der Waals surface area contributed by atoms with Gasteiger partial charge in [0.25, 0.3) is 0 Å². The van der Waals surface area contributed by atoms with E-state index in [4.69, 9.17) is 0 Å². The van der Waals surface area contributed by atoms with Crippen molar-refractivity contribution in [1.29, 1.82) is 0 Å². The van der Waals surface area contributed by atoms with E-state index in [1.165, 1.54) is 12.1 Å². The van der Waals surface area contributed by atoms with Crippen molar-refractivity contribution >= 4 is 16.6 Å². The molecule has 6 heteroatoms. The van der Waals surface area contributed by atoms with Crippen molar-refractivity contribution in [3.05, 3.63) is 29.8 Å². The van der Waals surface area contributed by atoms with Gasteiger partial charge in [-0.25, -0.2) is 0 Å². The van der Waals surface area contributed by atoms with Gasteiger partial charge in [-0.1, -0.05) is 17.7 Å². The fourth-order valence-corrected chi connectivity index (χ4v) is 1.98. The minimum Gasteiger partial charge on any atom is -0.289 e. The molecule has 1 rings (SSSR count). The van der Waals surface area contributed by atoms with Gasteiger partial charge in [0.05, 0.1) is 16.6 Å². The Kier molecular flexibility index (Phi) is 3.85. The molecular weight excluding hydrogens is 241 g/mol. The quantitative estimate of drug-likeness (QED) is 0.824. The predicted molar refractivity (Wildman–Crippen MR) is 53.5 cm³/mol. The monoisotopic (exact) mass is 250 g/mol. The van der Waals surface area contributed by atoms with Crippen molar-refractivity contribution in [3.63, 3.8) is 0 Å². The van der Waals surface area contributed by atoms with E-state index < -0.39 is 28.5 Å². The molecule has 0 radical (unpaired) electrons. The first-order valence-corrected chi connectivity index (χ1v) is 5.67. The maximum Gasteiger partial charge on any atom is 0.450 e. The van der Waals surface area contributed by atoms with E-state index in [1.54, 1.807) is 19.1 Å². The van der Waals surface area contributed by atoms with Crippen molar-refractivity contribution in [3.8, 4) is 0 Å². The fourth-order valence-electron chi connectivity index (χ4n) is 0.974. The third kappa shape index (κ3) is 3.44. The molecule has 0 aromatic heterocycles. The minimum absolute atomic E-state index is 0.225. The molecule has 0 saturated heterocycles. The third-order valence-corrected chi connectivity index (χ3v) is 3.18. The second-order valence-corrected chi connectivity index (χ2v) is 4.67. The summed E-state index contributed by atoms with van der Waals surface area (Å²) in [6.45, 7) is 1.80. The van der Waals surface area contributed by atoms with Gasteiger partial charge in [-0.3, -0.25) is 9.00 Å². The summed E-state index contributed by atoms with van der Waals surface area (Å²) in [5.74, 6) is -2.99. The molecule has 0 spiro atoms. The zero-order chi connectivity index (χ0) is 12.3. The normalized spacial score (nSPS) is 13.5. The number of benzene rings is 1. The second-order valence-electron chi connectivity index (χ2n) is 3.22. The first-order valence-electron chi connectivity index (χ1n) is 4.36. The van der Waals surface area contributed by atoms with E-state index >= 15 is 0 Å². The lowest BCUT2D eigenvalue weighted by atomic mass is 10.2. The van der Waals surface area contributed by atoms with Crippen LogP contribution in [0.25, 0.3) is 0 Å². The number of rotatable bonds is 3. The molecule has 0 saturated carbocycles. The molecule has 0 aliphatic carbocycles. The zero-order valence-corrected chi connectivity index (χ0v) is 9.19. The third-order valence-electron chi connectivity index (χ3n) is 1.86. The molecule has 0 unspecified atom stereocenters. The Morgan fingerprint density at radius 1 is 1.25 bits per heavy atom. The van der Waals surface area contributed by atoms with Crippen LogP contribution in [-0.2, 0) is 15.6 Å². The summed E-state index contributed by atoms with van der Waals surface area (Å²) in [5, 5.41) is 0. The maximum atomic E-state index is 11.9. The highest BCUT2D eigenvalue weighted by Gasteiger charge is 2.39. The van der Waals surface area contributed by atoms with Crippen LogP contribution in [0.1, 0.15) is 5.56 Å². The Hall–Kier alpha value is -1.17. The van der Waals surface area contributed by atoms with Crippen LogP contribution in [0.5, 0.6) is 0 Å². The molecule has 0 N–H and O–H groups in total. The first-order chi connectivity index (χ1) is 7.30. The van der Waals surface area contributed by atoms with Crippen molar-refractivity contribution in [2.45, 2.75) is 18.0 Å². The van der Waals surface area contributed by atoms with Crippen LogP contribution in [0.2, 0.25) is 0 Å². The summed E-state index contributed by atoms with van der Waals surface area (Å²) in [4.78, 5) is 10.8. The summed E-state index contributed by atoms with van der Waals surface area (Å²) in [6, 6.07) is 6.17. The summed E-state index contributed by atoms with van der Waals surface area (Å²) in [5.41, 5.74) is 0.905. The number of aryl methyl sites for hydroxylation is 1. The molecule has 0 amide bonds. The highest BCUT2D eigenvalue weighted by Crippen LogP contribution is 2.18. The van der Waals surface area contributed by atoms with Crippen LogP contribution >= 0.6 is 0 Å². The largest absolute Gasteiger partial charge is 0.450 e. The molecule has 0 aliphatic heterocycles. The molecule has 0 aliphatic rings. The van der Waals surface area contributed by atoms with Gasteiger partial charge in [-0.15, -0.1) is 0 Å². The summed E-state index contributed by atoms with van der Waals surface area (Å²) in [6.07, 6.45) is -4.92. The molecule has 2 nitrogen and oxygen atoms in total. The van der Waals surface area contributed by atoms with Crippen LogP contribution < -0.4 is 0 Å². The molecule has 0 fully saturated rings. The van der Waals surface area contributed by atoms with E-state index in [9.17, 15) is 22.2 Å². The minimum atomic E-state index is -4.92. The van der Waals surface area contributed by atoms with E-state index in [0.717, 1.165) is 5.56 Å². The number of Topliss-reactive ketones (excluding diaryl/α,β-unsaturated/α-hetero) is 1. The SMILES string of the molecule is Cc1ccc([S@@](=O)CC(=O)C(F)(F)F)cc1. The topological polar surface area (TPSA) is 34.1 Å². The van der Waals surface area contributed by atoms with E-state index in [0.29, 0.717) is 0 Å². The average molecular weight is 250 g/mol. The Morgan fingerprint density at radius 2 is 1.75 bits per heavy atom. The lowest BCUT2D eigenvalue weighted by Gasteiger charge is -2.05. The Balaban J connectivity index is 2.74. The second kappa shape index (κ2) is 4.78. The smallest absolute Gasteiger partial charge is 0.289 e. The van der Waals surface area contributed by atoms with E-state index in [1.807, 2.05) is 0 Å². The molecule has 1 atom stereocenters. The van der Waals surface area contributed by atoms with Crippen molar-refractivity contribution < 1.29 is 22.2 Å². The van der Waals surface area contributed by atoms with Gasteiger partial charge in [0.15, 0.2) is 0 Å². The van der Waals surface area contributed by atoms with Crippen LogP contribution in [0, 0.1) is 6.92 Å². The predicted octanol–water partition coefficient (Wildman–Crippen LogP) is 2.23. The van der Waals surface area contributed by atoms with Gasteiger partial charge < -0.3 is 0 Å². The molecule has 0 bridgehead atoms. The number of ketones is 1. The fraction of sp³-hybridized carbons (Fsp3) is 0.300. The van der Waals surface area contributed by atoms with Crippen LogP contribution in [0.3, 0.4) is 0 Å². The van der Waals surface area contributed by atoms with Crippen molar-refractivity contribution in [2.24, 2.45) is 0 Å². The van der Waals surface area contributed by atoms with Gasteiger partial charge in [0, 0.05) is 4.90 Å². The van der Waals surface area contributed by atoms with Crippen molar-refractivity contribution in [2.75, 3.05) is 5.75 Å². The number of carbonyl (C=O) groups is 1. The standard InChI is InChI=1S/C10H9F3O2S/c1-7-2-4-8(5-3-7)16(15)6-9(14)10(11,12)13/h2-5H,6H2,1H3/t16-/m0/s1. The maximum absolute atomic E-state index is 11.9. The van der Waals surface area contributed by atoms with Crippen LogP contribution in [0.4, 0.5) is 13.2 Å². The zero-order valence-electron chi connectivity index (χ0n) is 8.38. The number of hydrogen-bond acceptors (Lipinski definition) is 2. The van der Waals surface area contributed by atoms with Gasteiger partial charge in [-0.05, 0) is 19.1 Å². The Morgan fingerprint density at radius 3 is 2.19 bits per heavy atom. The van der Waals surface area contributed by atoms with Crippen LogP contribution in [-0.4, -0.2) is 21.9 Å². The molecular formula is C10H9F3O2S. The summed E-state index contributed by atoms with van der Waals surface area (Å²) >= 11 is 0. The molecule has 88 valence electrons. The molecule has 16 heavy (non-hydrogen) atoms. The molecule has 0 heterocycles. The molecule has 1 aromatic carbocycles. The number of hydrogen-bond donors (Lipinski definition) is 0. The Bertz CT molecular complexity index is 409.